The van der Waals surface area contributed by atoms with Crippen molar-refractivity contribution in [3.8, 4) is 0 Å². The van der Waals surface area contributed by atoms with Crippen molar-refractivity contribution in [2.45, 2.75) is 48.8 Å². The lowest BCUT2D eigenvalue weighted by Crippen LogP contribution is -2.47. The Labute approximate surface area is 154 Å². The summed E-state index contributed by atoms with van der Waals surface area (Å²) in [7, 11) is -1.41. The van der Waals surface area contributed by atoms with Crippen LogP contribution >= 0.6 is 11.3 Å². The zero-order valence-electron chi connectivity index (χ0n) is 14.6. The van der Waals surface area contributed by atoms with Crippen molar-refractivity contribution in [2.75, 3.05) is 20.1 Å². The van der Waals surface area contributed by atoms with Gasteiger partial charge in [-0.3, -0.25) is 4.79 Å². The van der Waals surface area contributed by atoms with E-state index in [1.54, 1.807) is 21.8 Å². The molecule has 3 fully saturated rings. The zero-order valence-corrected chi connectivity index (χ0v) is 16.3. The number of rotatable bonds is 6. The number of sulfonamides is 1. The second-order valence-electron chi connectivity index (χ2n) is 7.73. The van der Waals surface area contributed by atoms with Gasteiger partial charge in [-0.1, -0.05) is 6.07 Å². The predicted octanol–water partition coefficient (Wildman–Crippen LogP) is 2.80. The minimum Gasteiger partial charge on any atom is -0.342 e. The first kappa shape index (κ1) is 17.5. The van der Waals surface area contributed by atoms with E-state index in [2.05, 4.69) is 0 Å². The third kappa shape index (κ3) is 3.51. The molecule has 1 amide bonds. The molecule has 0 atom stereocenters. The van der Waals surface area contributed by atoms with Gasteiger partial charge in [0.15, 0.2) is 0 Å². The van der Waals surface area contributed by atoms with Gasteiger partial charge in [0, 0.05) is 32.1 Å². The highest BCUT2D eigenvalue weighted by Gasteiger charge is 2.46. The molecule has 5 nitrogen and oxygen atoms in total. The van der Waals surface area contributed by atoms with Crippen LogP contribution in [0.5, 0.6) is 0 Å². The first-order valence-electron chi connectivity index (χ1n) is 9.29. The lowest BCUT2D eigenvalue weighted by molar-refractivity contribution is -0.138. The van der Waals surface area contributed by atoms with E-state index in [9.17, 15) is 13.2 Å². The van der Waals surface area contributed by atoms with Crippen LogP contribution in [0.25, 0.3) is 0 Å². The summed E-state index contributed by atoms with van der Waals surface area (Å²) in [6.45, 7) is 0.893. The van der Waals surface area contributed by atoms with Gasteiger partial charge in [-0.05, 0) is 61.8 Å². The van der Waals surface area contributed by atoms with Crippen LogP contribution in [-0.2, 0) is 14.8 Å². The van der Waals surface area contributed by atoms with Crippen LogP contribution in [0.1, 0.15) is 38.5 Å². The molecule has 2 aliphatic carbocycles. The van der Waals surface area contributed by atoms with Crippen LogP contribution in [0.15, 0.2) is 21.7 Å². The van der Waals surface area contributed by atoms with Gasteiger partial charge in [-0.25, -0.2) is 8.42 Å². The van der Waals surface area contributed by atoms with Gasteiger partial charge < -0.3 is 4.90 Å². The standard InChI is InChI=1S/C18H26N2O3S2/c1-19(17(13-4-5-13)14-6-7-14)18(21)15-8-10-20(11-9-15)25(22,23)16-3-2-12-24-16/h2-3,12-15,17H,4-11H2,1H3. The molecular formula is C18H26N2O3S2. The van der Waals surface area contributed by atoms with Gasteiger partial charge in [0.25, 0.3) is 10.0 Å². The third-order valence-electron chi connectivity index (χ3n) is 5.90. The molecule has 1 aliphatic heterocycles. The number of nitrogens with zero attached hydrogens (tertiary/aromatic N) is 2. The van der Waals surface area contributed by atoms with E-state index in [1.165, 1.54) is 37.0 Å². The average molecular weight is 383 g/mol. The highest BCUT2D eigenvalue weighted by Crippen LogP contribution is 2.47. The average Bonchev–Trinajstić information content (AvgIpc) is 3.56. The molecule has 0 unspecified atom stereocenters. The number of carbonyl (C=O) groups excluding carboxylic acids is 1. The molecule has 25 heavy (non-hydrogen) atoms. The fourth-order valence-electron chi connectivity index (χ4n) is 4.21. The van der Waals surface area contributed by atoms with Crippen molar-refractivity contribution < 1.29 is 13.2 Å². The van der Waals surface area contributed by atoms with Crippen molar-refractivity contribution in [2.24, 2.45) is 17.8 Å². The molecule has 2 saturated carbocycles. The van der Waals surface area contributed by atoms with Gasteiger partial charge >= 0.3 is 0 Å². The Bertz CT molecular complexity index is 704. The van der Waals surface area contributed by atoms with Crippen LogP contribution < -0.4 is 0 Å². The van der Waals surface area contributed by atoms with Crippen LogP contribution in [0, 0.1) is 17.8 Å². The fraction of sp³-hybridized carbons (Fsp3) is 0.722. The monoisotopic (exact) mass is 382 g/mol. The van der Waals surface area contributed by atoms with E-state index in [0.717, 1.165) is 0 Å². The smallest absolute Gasteiger partial charge is 0.252 e. The second-order valence-corrected chi connectivity index (χ2v) is 10.8. The number of piperidine rings is 1. The molecule has 1 aromatic rings. The zero-order chi connectivity index (χ0) is 17.6. The van der Waals surface area contributed by atoms with Gasteiger partial charge in [-0.15, -0.1) is 11.3 Å². The number of amides is 1. The summed E-state index contributed by atoms with van der Waals surface area (Å²) in [4.78, 5) is 15.0. The van der Waals surface area contributed by atoms with E-state index in [1.807, 2.05) is 11.9 Å². The summed E-state index contributed by atoms with van der Waals surface area (Å²) in [6, 6.07) is 3.85. The normalized spacial score (nSPS) is 23.1. The summed E-state index contributed by atoms with van der Waals surface area (Å²) in [5, 5.41) is 1.79. The van der Waals surface area contributed by atoms with Crippen molar-refractivity contribution in [1.29, 1.82) is 0 Å². The van der Waals surface area contributed by atoms with E-state index < -0.39 is 10.0 Å². The predicted molar refractivity (Wildman–Crippen MR) is 97.8 cm³/mol. The van der Waals surface area contributed by atoms with E-state index in [0.29, 0.717) is 48.0 Å². The second kappa shape index (κ2) is 6.67. The maximum atomic E-state index is 12.9. The molecule has 0 aromatic carbocycles. The molecule has 1 saturated heterocycles. The molecule has 0 radical (unpaired) electrons. The third-order valence-corrected chi connectivity index (χ3v) is 9.17. The minimum absolute atomic E-state index is 0.0280. The van der Waals surface area contributed by atoms with Crippen molar-refractivity contribution in [3.05, 3.63) is 17.5 Å². The van der Waals surface area contributed by atoms with E-state index in [4.69, 9.17) is 0 Å². The summed E-state index contributed by atoms with van der Waals surface area (Å²) < 4.78 is 27.1. The fourth-order valence-corrected chi connectivity index (χ4v) is 6.82. The largest absolute Gasteiger partial charge is 0.342 e. The molecule has 0 bridgehead atoms. The number of carbonyl (C=O) groups is 1. The molecule has 3 aliphatic rings. The molecule has 0 spiro atoms. The molecule has 7 heteroatoms. The topological polar surface area (TPSA) is 57.7 Å². The highest BCUT2D eigenvalue weighted by atomic mass is 32.2. The van der Waals surface area contributed by atoms with Crippen LogP contribution in [0.4, 0.5) is 0 Å². The molecule has 4 rings (SSSR count). The highest BCUT2D eigenvalue weighted by molar-refractivity contribution is 7.91. The van der Waals surface area contributed by atoms with Crippen LogP contribution in [0.2, 0.25) is 0 Å². The molecular weight excluding hydrogens is 356 g/mol. The van der Waals surface area contributed by atoms with Gasteiger partial charge in [-0.2, -0.15) is 4.31 Å². The Balaban J connectivity index is 1.37. The number of hydrogen-bond donors (Lipinski definition) is 0. The summed E-state index contributed by atoms with van der Waals surface area (Å²) in [6.07, 6.45) is 6.31. The molecule has 1 aromatic heterocycles. The quantitative estimate of drug-likeness (QED) is 0.760. The number of thiophene rings is 1. The van der Waals surface area contributed by atoms with Crippen LogP contribution in [-0.4, -0.2) is 49.7 Å². The Kier molecular flexibility index (Phi) is 4.67. The number of hydrogen-bond acceptors (Lipinski definition) is 4. The lowest BCUT2D eigenvalue weighted by Gasteiger charge is -2.35. The van der Waals surface area contributed by atoms with E-state index >= 15 is 0 Å². The first-order chi connectivity index (χ1) is 12.0. The van der Waals surface area contributed by atoms with Crippen molar-refractivity contribution >= 4 is 27.3 Å². The Morgan fingerprint density at radius 1 is 1.16 bits per heavy atom. The Morgan fingerprint density at radius 3 is 2.24 bits per heavy atom. The lowest BCUT2D eigenvalue weighted by atomic mass is 9.95. The maximum absolute atomic E-state index is 12.9. The van der Waals surface area contributed by atoms with Crippen LogP contribution in [0.3, 0.4) is 0 Å². The van der Waals surface area contributed by atoms with Gasteiger partial charge in [0.2, 0.25) is 5.91 Å². The van der Waals surface area contributed by atoms with Gasteiger partial charge in [0.05, 0.1) is 0 Å². The summed E-state index contributed by atoms with van der Waals surface area (Å²) in [5.41, 5.74) is 0. The van der Waals surface area contributed by atoms with Crippen molar-refractivity contribution in [3.63, 3.8) is 0 Å². The Hall–Kier alpha value is -0.920. The first-order valence-corrected chi connectivity index (χ1v) is 11.6. The SMILES string of the molecule is CN(C(=O)C1CCN(S(=O)(=O)c2cccs2)CC1)C(C1CC1)C1CC1. The maximum Gasteiger partial charge on any atom is 0.252 e. The molecule has 0 N–H and O–H groups in total. The van der Waals surface area contributed by atoms with Crippen molar-refractivity contribution in [1.82, 2.24) is 9.21 Å². The summed E-state index contributed by atoms with van der Waals surface area (Å²) >= 11 is 1.25. The van der Waals surface area contributed by atoms with E-state index in [-0.39, 0.29) is 11.8 Å². The molecule has 2 heterocycles. The minimum atomic E-state index is -3.38. The molecule has 138 valence electrons. The Morgan fingerprint density at radius 2 is 1.76 bits per heavy atom. The summed E-state index contributed by atoms with van der Waals surface area (Å²) in [5.74, 6) is 1.62. The van der Waals surface area contributed by atoms with Gasteiger partial charge in [0.1, 0.15) is 4.21 Å².